The van der Waals surface area contributed by atoms with Gasteiger partial charge >= 0.3 is 6.03 Å². The first-order valence-corrected chi connectivity index (χ1v) is 13.9. The molecule has 3 heterocycles. The van der Waals surface area contributed by atoms with Gasteiger partial charge in [0.25, 0.3) is 5.91 Å². The summed E-state index contributed by atoms with van der Waals surface area (Å²) in [7, 11) is 6.46. The number of benzene rings is 2. The van der Waals surface area contributed by atoms with Crippen LogP contribution in [0.5, 0.6) is 23.0 Å². The molecule has 3 aliphatic heterocycles. The number of amides is 3. The summed E-state index contributed by atoms with van der Waals surface area (Å²) in [5.41, 5.74) is 3.17. The average molecular weight is 550 g/mol. The highest BCUT2D eigenvalue weighted by molar-refractivity contribution is 5.95. The van der Waals surface area contributed by atoms with E-state index < -0.39 is 5.54 Å². The summed E-state index contributed by atoms with van der Waals surface area (Å²) < 4.78 is 22.1. The molecule has 5 rings (SSSR count). The van der Waals surface area contributed by atoms with Gasteiger partial charge in [-0.1, -0.05) is 13.0 Å². The summed E-state index contributed by atoms with van der Waals surface area (Å²) >= 11 is 0. The number of hydrogen-bond donors (Lipinski definition) is 0. The molecule has 2 atom stereocenters. The molecule has 214 valence electrons. The van der Waals surface area contributed by atoms with E-state index in [4.69, 9.17) is 18.9 Å². The molecule has 9 nitrogen and oxygen atoms in total. The lowest BCUT2D eigenvalue weighted by atomic mass is 9.84. The zero-order valence-corrected chi connectivity index (χ0v) is 24.3. The molecular formula is C31H39N3O6. The molecule has 2 fully saturated rings. The van der Waals surface area contributed by atoms with E-state index in [2.05, 4.69) is 13.0 Å². The lowest BCUT2D eigenvalue weighted by Crippen LogP contribution is -2.47. The second-order valence-electron chi connectivity index (χ2n) is 10.6. The van der Waals surface area contributed by atoms with E-state index in [9.17, 15) is 9.59 Å². The van der Waals surface area contributed by atoms with E-state index in [-0.39, 0.29) is 17.9 Å². The van der Waals surface area contributed by atoms with Gasteiger partial charge in [0, 0.05) is 54.5 Å². The van der Waals surface area contributed by atoms with Gasteiger partial charge in [0.1, 0.15) is 23.0 Å². The number of urea groups is 1. The molecule has 0 radical (unpaired) electrons. The van der Waals surface area contributed by atoms with Gasteiger partial charge < -0.3 is 28.7 Å². The highest BCUT2D eigenvalue weighted by Crippen LogP contribution is 2.49. The van der Waals surface area contributed by atoms with Gasteiger partial charge in [-0.05, 0) is 49.9 Å². The third kappa shape index (κ3) is 4.51. The number of hydrogen-bond acceptors (Lipinski definition) is 6. The Labute approximate surface area is 236 Å². The number of likely N-dealkylation sites (tertiary alicyclic amines) is 1. The third-order valence-corrected chi connectivity index (χ3v) is 8.61. The number of allylic oxidation sites excluding steroid dienone is 1. The monoisotopic (exact) mass is 549 g/mol. The summed E-state index contributed by atoms with van der Waals surface area (Å²) in [6.45, 7) is 6.37. The number of fused-ring (bicyclic) bond motifs is 3. The van der Waals surface area contributed by atoms with Crippen molar-refractivity contribution in [2.75, 3.05) is 48.1 Å². The molecule has 1 spiro atoms. The van der Waals surface area contributed by atoms with Crippen LogP contribution in [0.25, 0.3) is 0 Å². The molecule has 3 amide bonds. The summed E-state index contributed by atoms with van der Waals surface area (Å²) in [5.74, 6) is 2.59. The minimum atomic E-state index is -0.486. The minimum Gasteiger partial charge on any atom is -0.497 e. The second kappa shape index (κ2) is 10.9. The quantitative estimate of drug-likeness (QED) is 0.502. The predicted octanol–water partition coefficient (Wildman–Crippen LogP) is 5.04. The van der Waals surface area contributed by atoms with E-state index in [1.165, 1.54) is 0 Å². The van der Waals surface area contributed by atoms with Crippen molar-refractivity contribution < 1.29 is 28.5 Å². The van der Waals surface area contributed by atoms with Crippen LogP contribution in [0, 0.1) is 0 Å². The largest absolute Gasteiger partial charge is 0.497 e. The van der Waals surface area contributed by atoms with Crippen LogP contribution < -0.4 is 18.9 Å². The van der Waals surface area contributed by atoms with Crippen molar-refractivity contribution in [2.45, 2.75) is 51.1 Å². The minimum absolute atomic E-state index is 0.00731. The van der Waals surface area contributed by atoms with Gasteiger partial charge in [-0.15, -0.1) is 0 Å². The maximum atomic E-state index is 14.0. The SMILES string of the molecule is CCN1C(=O)N2Cc3cc(OC)cc(OC)c3C(C)C=C2C12CCCN(C(=O)c1cc(OC)cc(OC)c1)CC2. The van der Waals surface area contributed by atoms with E-state index in [0.717, 1.165) is 35.4 Å². The Balaban J connectivity index is 1.49. The van der Waals surface area contributed by atoms with Gasteiger partial charge in [0.05, 0.1) is 40.5 Å². The Kier molecular flexibility index (Phi) is 7.57. The molecule has 2 aromatic rings. The Bertz CT molecular complexity index is 1320. The van der Waals surface area contributed by atoms with Crippen molar-refractivity contribution in [3.63, 3.8) is 0 Å². The number of nitrogens with zero attached hydrogens (tertiary/aromatic N) is 3. The van der Waals surface area contributed by atoms with Crippen molar-refractivity contribution in [3.05, 3.63) is 58.8 Å². The van der Waals surface area contributed by atoms with E-state index in [0.29, 0.717) is 55.4 Å². The lowest BCUT2D eigenvalue weighted by Gasteiger charge is -2.37. The molecule has 9 heteroatoms. The smallest absolute Gasteiger partial charge is 0.325 e. The van der Waals surface area contributed by atoms with Crippen LogP contribution in [0.4, 0.5) is 4.79 Å². The van der Waals surface area contributed by atoms with E-state index >= 15 is 0 Å². The standard InChI is InChI=1S/C31H39N3O6/c1-7-34-30(36)33-19-22-16-25(39-5)18-26(40-6)28(22)20(2)13-27(33)31(34)9-8-11-32(12-10-31)29(35)21-14-23(37-3)17-24(15-21)38-4/h13-18,20H,7-12,19H2,1-6H3. The molecule has 3 aliphatic rings. The van der Waals surface area contributed by atoms with Crippen LogP contribution in [0.2, 0.25) is 0 Å². The fraction of sp³-hybridized carbons (Fsp3) is 0.484. The fourth-order valence-corrected chi connectivity index (χ4v) is 6.70. The molecule has 0 bridgehead atoms. The average Bonchev–Trinajstić information content (AvgIpc) is 3.16. The highest BCUT2D eigenvalue weighted by atomic mass is 16.5. The van der Waals surface area contributed by atoms with Crippen LogP contribution in [0.1, 0.15) is 60.5 Å². The van der Waals surface area contributed by atoms with Gasteiger partial charge in [-0.25, -0.2) is 4.79 Å². The van der Waals surface area contributed by atoms with Crippen LogP contribution >= 0.6 is 0 Å². The predicted molar refractivity (Wildman–Crippen MR) is 151 cm³/mol. The number of rotatable bonds is 6. The van der Waals surface area contributed by atoms with Crippen molar-refractivity contribution in [1.82, 2.24) is 14.7 Å². The molecule has 0 saturated carbocycles. The van der Waals surface area contributed by atoms with Crippen LogP contribution in [-0.2, 0) is 6.54 Å². The Morgan fingerprint density at radius 1 is 0.925 bits per heavy atom. The number of carbonyl (C=O) groups is 2. The topological polar surface area (TPSA) is 80.8 Å². The zero-order valence-electron chi connectivity index (χ0n) is 24.3. The lowest BCUT2D eigenvalue weighted by molar-refractivity contribution is 0.0754. The number of ether oxygens (including phenoxy) is 4. The van der Waals surface area contributed by atoms with Gasteiger partial charge in [-0.3, -0.25) is 9.69 Å². The Morgan fingerprint density at radius 2 is 1.60 bits per heavy atom. The Morgan fingerprint density at radius 3 is 2.23 bits per heavy atom. The van der Waals surface area contributed by atoms with Crippen LogP contribution in [0.15, 0.2) is 42.1 Å². The fourth-order valence-electron chi connectivity index (χ4n) is 6.70. The van der Waals surface area contributed by atoms with Gasteiger partial charge in [0.2, 0.25) is 0 Å². The maximum absolute atomic E-state index is 14.0. The van der Waals surface area contributed by atoms with E-state index in [1.54, 1.807) is 46.6 Å². The number of methoxy groups -OCH3 is 4. The first-order chi connectivity index (χ1) is 19.3. The van der Waals surface area contributed by atoms with Crippen molar-refractivity contribution in [1.29, 1.82) is 0 Å². The molecular weight excluding hydrogens is 510 g/mol. The molecule has 2 saturated heterocycles. The number of carbonyl (C=O) groups excluding carboxylic acids is 2. The molecule has 0 aromatic heterocycles. The van der Waals surface area contributed by atoms with Crippen LogP contribution in [-0.4, -0.2) is 80.3 Å². The number of likely N-dealkylation sites (N-methyl/N-ethyl adjacent to an activating group) is 1. The molecule has 0 N–H and O–H groups in total. The third-order valence-electron chi connectivity index (χ3n) is 8.61. The molecule has 40 heavy (non-hydrogen) atoms. The summed E-state index contributed by atoms with van der Waals surface area (Å²) in [5, 5.41) is 0. The second-order valence-corrected chi connectivity index (χ2v) is 10.6. The molecule has 2 aromatic carbocycles. The van der Waals surface area contributed by atoms with Crippen molar-refractivity contribution in [3.8, 4) is 23.0 Å². The highest BCUT2D eigenvalue weighted by Gasteiger charge is 2.54. The maximum Gasteiger partial charge on any atom is 0.325 e. The van der Waals surface area contributed by atoms with Crippen molar-refractivity contribution in [2.24, 2.45) is 0 Å². The summed E-state index contributed by atoms with van der Waals surface area (Å²) in [6.07, 6.45) is 4.45. The summed E-state index contributed by atoms with van der Waals surface area (Å²) in [4.78, 5) is 33.4. The van der Waals surface area contributed by atoms with Crippen LogP contribution in [0.3, 0.4) is 0 Å². The normalized spacial score (nSPS) is 22.2. The van der Waals surface area contributed by atoms with Gasteiger partial charge in [-0.2, -0.15) is 0 Å². The summed E-state index contributed by atoms with van der Waals surface area (Å²) in [6, 6.07) is 9.18. The Hall–Kier alpha value is -3.88. The van der Waals surface area contributed by atoms with Crippen molar-refractivity contribution >= 4 is 11.9 Å². The molecule has 2 unspecified atom stereocenters. The first kappa shape index (κ1) is 27.7. The molecule has 0 aliphatic carbocycles. The zero-order chi connectivity index (χ0) is 28.6. The van der Waals surface area contributed by atoms with E-state index in [1.807, 2.05) is 33.8 Å². The first-order valence-electron chi connectivity index (χ1n) is 13.9. The van der Waals surface area contributed by atoms with Gasteiger partial charge in [0.15, 0.2) is 0 Å².